The van der Waals surface area contributed by atoms with Gasteiger partial charge in [0.1, 0.15) is 0 Å². The van der Waals surface area contributed by atoms with Crippen molar-refractivity contribution >= 4 is 10.2 Å². The van der Waals surface area contributed by atoms with Crippen LogP contribution in [0.5, 0.6) is 11.5 Å². The number of rotatable bonds is 6. The predicted octanol–water partition coefficient (Wildman–Crippen LogP) is 1.76. The van der Waals surface area contributed by atoms with Gasteiger partial charge in [-0.3, -0.25) is 0 Å². The molecule has 0 fully saturated rings. The number of ether oxygens (including phenoxy) is 2. The molecule has 0 aliphatic rings. The van der Waals surface area contributed by atoms with Crippen LogP contribution in [-0.4, -0.2) is 27.9 Å². The molecular formula is C10H13FO4S. The van der Waals surface area contributed by atoms with Crippen LogP contribution in [-0.2, 0) is 10.2 Å². The zero-order chi connectivity index (χ0) is 12.0. The number of methoxy groups -OCH3 is 1. The third-order valence-corrected chi connectivity index (χ3v) is 2.64. The Bertz CT molecular complexity index is 430. The van der Waals surface area contributed by atoms with E-state index in [2.05, 4.69) is 0 Å². The lowest BCUT2D eigenvalue weighted by molar-refractivity contribution is 0.294. The third kappa shape index (κ3) is 4.48. The second kappa shape index (κ2) is 5.69. The van der Waals surface area contributed by atoms with Crippen LogP contribution in [0.4, 0.5) is 3.89 Å². The van der Waals surface area contributed by atoms with Gasteiger partial charge in [-0.1, -0.05) is 12.1 Å². The van der Waals surface area contributed by atoms with Crippen molar-refractivity contribution in [1.29, 1.82) is 0 Å². The summed E-state index contributed by atoms with van der Waals surface area (Å²) in [6.07, 6.45) is 0.108. The van der Waals surface area contributed by atoms with E-state index in [-0.39, 0.29) is 13.0 Å². The van der Waals surface area contributed by atoms with Crippen molar-refractivity contribution in [2.24, 2.45) is 0 Å². The van der Waals surface area contributed by atoms with E-state index >= 15 is 0 Å². The van der Waals surface area contributed by atoms with Crippen LogP contribution in [0.15, 0.2) is 24.3 Å². The first-order chi connectivity index (χ1) is 7.53. The largest absolute Gasteiger partial charge is 0.493 e. The summed E-state index contributed by atoms with van der Waals surface area (Å²) < 4.78 is 42.9. The Morgan fingerprint density at radius 2 is 1.88 bits per heavy atom. The van der Waals surface area contributed by atoms with Gasteiger partial charge in [-0.05, 0) is 18.6 Å². The minimum absolute atomic E-state index is 0.108. The standard InChI is InChI=1S/C10H13FO4S/c1-14-9-5-2-3-6-10(9)15-7-4-8-16(11,12)13/h2-3,5-6H,4,7-8H2,1H3. The molecule has 4 nitrogen and oxygen atoms in total. The van der Waals surface area contributed by atoms with Gasteiger partial charge in [-0.2, -0.15) is 8.42 Å². The Balaban J connectivity index is 2.43. The number of halogens is 1. The van der Waals surface area contributed by atoms with Crippen molar-refractivity contribution in [3.63, 3.8) is 0 Å². The normalized spacial score (nSPS) is 11.1. The predicted molar refractivity (Wildman–Crippen MR) is 58.0 cm³/mol. The molecule has 0 aliphatic carbocycles. The van der Waals surface area contributed by atoms with E-state index in [9.17, 15) is 12.3 Å². The third-order valence-electron chi connectivity index (χ3n) is 1.86. The maximum absolute atomic E-state index is 12.2. The molecule has 0 aromatic heterocycles. The van der Waals surface area contributed by atoms with Crippen molar-refractivity contribution in [3.8, 4) is 11.5 Å². The Morgan fingerprint density at radius 1 is 1.25 bits per heavy atom. The minimum atomic E-state index is -4.41. The molecule has 1 rings (SSSR count). The van der Waals surface area contributed by atoms with Crippen LogP contribution in [0.1, 0.15) is 6.42 Å². The van der Waals surface area contributed by atoms with Gasteiger partial charge < -0.3 is 9.47 Å². The van der Waals surface area contributed by atoms with E-state index in [0.717, 1.165) is 0 Å². The van der Waals surface area contributed by atoms with E-state index in [1.165, 1.54) is 7.11 Å². The van der Waals surface area contributed by atoms with Crippen molar-refractivity contribution in [2.75, 3.05) is 19.5 Å². The summed E-state index contributed by atoms with van der Waals surface area (Å²) in [5.41, 5.74) is 0. The molecule has 0 N–H and O–H groups in total. The molecule has 90 valence electrons. The zero-order valence-corrected chi connectivity index (χ0v) is 9.67. The number of benzene rings is 1. The Kier molecular flexibility index (Phi) is 4.54. The highest BCUT2D eigenvalue weighted by atomic mass is 32.3. The average Bonchev–Trinajstić information content (AvgIpc) is 2.23. The van der Waals surface area contributed by atoms with E-state index in [4.69, 9.17) is 9.47 Å². The smallest absolute Gasteiger partial charge is 0.302 e. The molecular weight excluding hydrogens is 235 g/mol. The monoisotopic (exact) mass is 248 g/mol. The highest BCUT2D eigenvalue weighted by molar-refractivity contribution is 7.86. The Hall–Kier alpha value is -1.30. The molecule has 0 saturated carbocycles. The minimum Gasteiger partial charge on any atom is -0.493 e. The van der Waals surface area contributed by atoms with Crippen LogP contribution in [0.3, 0.4) is 0 Å². The lowest BCUT2D eigenvalue weighted by atomic mass is 10.3. The van der Waals surface area contributed by atoms with Gasteiger partial charge in [-0.25, -0.2) is 0 Å². The van der Waals surface area contributed by atoms with Crippen LogP contribution in [0.25, 0.3) is 0 Å². The molecule has 16 heavy (non-hydrogen) atoms. The molecule has 6 heteroatoms. The van der Waals surface area contributed by atoms with Crippen molar-refractivity contribution in [2.45, 2.75) is 6.42 Å². The van der Waals surface area contributed by atoms with Gasteiger partial charge >= 0.3 is 10.2 Å². The van der Waals surface area contributed by atoms with Gasteiger partial charge in [0.25, 0.3) is 0 Å². The maximum Gasteiger partial charge on any atom is 0.302 e. The van der Waals surface area contributed by atoms with E-state index in [1.54, 1.807) is 24.3 Å². The molecule has 0 saturated heterocycles. The number of para-hydroxylation sites is 2. The lowest BCUT2D eigenvalue weighted by Crippen LogP contribution is -2.05. The lowest BCUT2D eigenvalue weighted by Gasteiger charge is -2.09. The summed E-state index contributed by atoms with van der Waals surface area (Å²) in [4.78, 5) is 0. The van der Waals surface area contributed by atoms with Crippen LogP contribution in [0.2, 0.25) is 0 Å². The fourth-order valence-electron chi connectivity index (χ4n) is 1.15. The van der Waals surface area contributed by atoms with Crippen molar-refractivity contribution in [3.05, 3.63) is 24.3 Å². The van der Waals surface area contributed by atoms with E-state index in [1.807, 2.05) is 0 Å². The molecule has 0 unspecified atom stereocenters. The molecule has 1 aromatic carbocycles. The van der Waals surface area contributed by atoms with Gasteiger partial charge in [0, 0.05) is 0 Å². The molecule has 0 atom stereocenters. The molecule has 1 aromatic rings. The number of hydrogen-bond donors (Lipinski definition) is 0. The summed E-state index contributed by atoms with van der Waals surface area (Å²) >= 11 is 0. The molecule has 0 bridgehead atoms. The van der Waals surface area contributed by atoms with Gasteiger partial charge in [0.05, 0.1) is 19.5 Å². The van der Waals surface area contributed by atoms with Gasteiger partial charge in [0.15, 0.2) is 11.5 Å². The highest BCUT2D eigenvalue weighted by Crippen LogP contribution is 2.25. The van der Waals surface area contributed by atoms with Crippen molar-refractivity contribution < 1.29 is 21.8 Å². The second-order valence-corrected chi connectivity index (χ2v) is 4.58. The quantitative estimate of drug-likeness (QED) is 0.568. The van der Waals surface area contributed by atoms with Gasteiger partial charge in [0.2, 0.25) is 0 Å². The number of hydrogen-bond acceptors (Lipinski definition) is 4. The first-order valence-corrected chi connectivity index (χ1v) is 6.26. The molecule has 0 amide bonds. The molecule has 0 aliphatic heterocycles. The summed E-state index contributed by atoms with van der Waals surface area (Å²) in [7, 11) is -2.90. The molecule has 0 spiro atoms. The average molecular weight is 248 g/mol. The van der Waals surface area contributed by atoms with Crippen LogP contribution >= 0.6 is 0 Å². The molecule has 0 heterocycles. The fourth-order valence-corrected chi connectivity index (χ4v) is 1.61. The second-order valence-electron chi connectivity index (χ2n) is 3.10. The topological polar surface area (TPSA) is 52.6 Å². The molecule has 0 radical (unpaired) electrons. The fraction of sp³-hybridized carbons (Fsp3) is 0.400. The van der Waals surface area contributed by atoms with Crippen LogP contribution < -0.4 is 9.47 Å². The van der Waals surface area contributed by atoms with E-state index in [0.29, 0.717) is 11.5 Å². The summed E-state index contributed by atoms with van der Waals surface area (Å²) in [5, 5.41) is 0. The Morgan fingerprint density at radius 3 is 2.44 bits per heavy atom. The first-order valence-electron chi connectivity index (χ1n) is 4.71. The summed E-state index contributed by atoms with van der Waals surface area (Å²) in [6.45, 7) is 0.128. The summed E-state index contributed by atoms with van der Waals surface area (Å²) in [6, 6.07) is 6.98. The van der Waals surface area contributed by atoms with Crippen molar-refractivity contribution in [1.82, 2.24) is 0 Å². The Labute approximate surface area is 94.2 Å². The maximum atomic E-state index is 12.2. The SMILES string of the molecule is COc1ccccc1OCCCS(=O)(=O)F. The van der Waals surface area contributed by atoms with Crippen LogP contribution in [0, 0.1) is 0 Å². The van der Waals surface area contributed by atoms with Gasteiger partial charge in [-0.15, -0.1) is 3.89 Å². The first kappa shape index (κ1) is 12.8. The van der Waals surface area contributed by atoms with E-state index < -0.39 is 16.0 Å². The zero-order valence-electron chi connectivity index (χ0n) is 8.85. The summed E-state index contributed by atoms with van der Waals surface area (Å²) in [5.74, 6) is 0.550. The highest BCUT2D eigenvalue weighted by Gasteiger charge is 2.07.